The van der Waals surface area contributed by atoms with E-state index >= 15 is 0 Å². The number of alkyl halides is 1. The van der Waals surface area contributed by atoms with Crippen molar-refractivity contribution in [3.8, 4) is 0 Å². The Bertz CT molecular complexity index is 283. The zero-order valence-electron chi connectivity index (χ0n) is 7.98. The van der Waals surface area contributed by atoms with Crippen molar-refractivity contribution in [2.24, 2.45) is 0 Å². The van der Waals surface area contributed by atoms with E-state index in [1.807, 2.05) is 12.1 Å². The summed E-state index contributed by atoms with van der Waals surface area (Å²) >= 11 is 3.41. The minimum absolute atomic E-state index is 0.116. The van der Waals surface area contributed by atoms with Gasteiger partial charge in [-0.2, -0.15) is 0 Å². The first kappa shape index (κ1) is 10.7. The second-order valence-corrected chi connectivity index (χ2v) is 4.18. The molecule has 1 unspecified atom stereocenters. The van der Waals surface area contributed by atoms with Gasteiger partial charge in [-0.05, 0) is 36.5 Å². The molecular formula is C11H14BrF. The number of benzene rings is 1. The highest BCUT2D eigenvalue weighted by Gasteiger charge is 2.06. The number of hydrogen-bond donors (Lipinski definition) is 0. The van der Waals surface area contributed by atoms with Crippen LogP contribution in [0.3, 0.4) is 0 Å². The molecule has 0 saturated heterocycles. The smallest absolute Gasteiger partial charge is 0.126 e. The van der Waals surface area contributed by atoms with Gasteiger partial charge in [0.15, 0.2) is 0 Å². The van der Waals surface area contributed by atoms with Gasteiger partial charge in [0.2, 0.25) is 0 Å². The van der Waals surface area contributed by atoms with Crippen LogP contribution in [0.1, 0.15) is 30.4 Å². The molecule has 0 bridgehead atoms. The van der Waals surface area contributed by atoms with E-state index in [0.29, 0.717) is 5.92 Å². The molecule has 2 heteroatoms. The van der Waals surface area contributed by atoms with E-state index < -0.39 is 0 Å². The summed E-state index contributed by atoms with van der Waals surface area (Å²) in [5, 5.41) is 0.991. The Labute approximate surface area is 87.3 Å². The fourth-order valence-corrected chi connectivity index (χ4v) is 1.99. The monoisotopic (exact) mass is 244 g/mol. The lowest BCUT2D eigenvalue weighted by Crippen LogP contribution is -1.95. The van der Waals surface area contributed by atoms with Gasteiger partial charge in [0.1, 0.15) is 5.82 Å². The summed E-state index contributed by atoms with van der Waals surface area (Å²) in [6.07, 6.45) is 1.09. The third kappa shape index (κ3) is 2.80. The van der Waals surface area contributed by atoms with Gasteiger partial charge in [-0.1, -0.05) is 35.0 Å². The zero-order chi connectivity index (χ0) is 9.84. The summed E-state index contributed by atoms with van der Waals surface area (Å²) in [6, 6.07) is 5.35. The Kier molecular flexibility index (Phi) is 3.91. The fraction of sp³-hybridized carbons (Fsp3) is 0.455. The molecule has 0 spiro atoms. The predicted octanol–water partition coefficient (Wildman–Crippen LogP) is 4.02. The maximum Gasteiger partial charge on any atom is 0.126 e. The van der Waals surface area contributed by atoms with Gasteiger partial charge in [0.25, 0.3) is 0 Å². The Morgan fingerprint density at radius 2 is 2.15 bits per heavy atom. The molecule has 0 aliphatic carbocycles. The highest BCUT2D eigenvalue weighted by Crippen LogP contribution is 2.21. The summed E-state index contributed by atoms with van der Waals surface area (Å²) in [7, 11) is 0. The van der Waals surface area contributed by atoms with E-state index in [-0.39, 0.29) is 5.82 Å². The van der Waals surface area contributed by atoms with E-state index in [0.717, 1.165) is 17.3 Å². The van der Waals surface area contributed by atoms with Gasteiger partial charge in [-0.25, -0.2) is 4.39 Å². The van der Waals surface area contributed by atoms with Crippen LogP contribution in [-0.4, -0.2) is 5.33 Å². The number of halogens is 2. The Morgan fingerprint density at radius 3 is 2.69 bits per heavy atom. The van der Waals surface area contributed by atoms with Crippen molar-refractivity contribution < 1.29 is 4.39 Å². The van der Waals surface area contributed by atoms with E-state index in [9.17, 15) is 4.39 Å². The molecule has 13 heavy (non-hydrogen) atoms. The molecular weight excluding hydrogens is 231 g/mol. The first-order valence-corrected chi connectivity index (χ1v) is 5.59. The van der Waals surface area contributed by atoms with Crippen LogP contribution in [0.4, 0.5) is 4.39 Å². The number of hydrogen-bond acceptors (Lipinski definition) is 0. The Balaban J connectivity index is 2.84. The minimum Gasteiger partial charge on any atom is -0.207 e. The van der Waals surface area contributed by atoms with Crippen LogP contribution in [-0.2, 0) is 0 Å². The third-order valence-electron chi connectivity index (χ3n) is 2.29. The molecule has 1 aromatic carbocycles. The first-order valence-electron chi connectivity index (χ1n) is 4.47. The minimum atomic E-state index is -0.116. The zero-order valence-corrected chi connectivity index (χ0v) is 9.57. The van der Waals surface area contributed by atoms with Crippen LogP contribution in [0.15, 0.2) is 18.2 Å². The molecule has 0 nitrogen and oxygen atoms in total. The Morgan fingerprint density at radius 1 is 1.46 bits per heavy atom. The normalized spacial score (nSPS) is 12.9. The van der Waals surface area contributed by atoms with E-state index in [1.54, 1.807) is 13.0 Å². The SMILES string of the molecule is Cc1cc(C(C)CCBr)ccc1F. The second-order valence-electron chi connectivity index (χ2n) is 3.39. The topological polar surface area (TPSA) is 0 Å². The number of aryl methyl sites for hydroxylation is 1. The lowest BCUT2D eigenvalue weighted by atomic mass is 9.97. The Hall–Kier alpha value is -0.370. The molecule has 72 valence electrons. The molecule has 0 radical (unpaired) electrons. The van der Waals surface area contributed by atoms with Gasteiger partial charge in [0.05, 0.1) is 0 Å². The van der Waals surface area contributed by atoms with E-state index in [2.05, 4.69) is 22.9 Å². The van der Waals surface area contributed by atoms with E-state index in [4.69, 9.17) is 0 Å². The van der Waals surface area contributed by atoms with Crippen molar-refractivity contribution in [3.05, 3.63) is 35.1 Å². The number of rotatable bonds is 3. The average molecular weight is 245 g/mol. The molecule has 0 aliphatic rings. The molecule has 0 aliphatic heterocycles. The molecule has 0 aromatic heterocycles. The highest BCUT2D eigenvalue weighted by atomic mass is 79.9. The van der Waals surface area contributed by atoms with Crippen molar-refractivity contribution in [1.82, 2.24) is 0 Å². The van der Waals surface area contributed by atoms with Crippen molar-refractivity contribution in [3.63, 3.8) is 0 Å². The van der Waals surface area contributed by atoms with Gasteiger partial charge in [-0.15, -0.1) is 0 Å². The van der Waals surface area contributed by atoms with Crippen LogP contribution in [0.5, 0.6) is 0 Å². The summed E-state index contributed by atoms with van der Waals surface area (Å²) in [5.41, 5.74) is 1.96. The van der Waals surface area contributed by atoms with Crippen LogP contribution < -0.4 is 0 Å². The van der Waals surface area contributed by atoms with Crippen molar-refractivity contribution in [2.75, 3.05) is 5.33 Å². The lowest BCUT2D eigenvalue weighted by molar-refractivity contribution is 0.615. The predicted molar refractivity (Wildman–Crippen MR) is 58.0 cm³/mol. The third-order valence-corrected chi connectivity index (χ3v) is 2.75. The van der Waals surface area contributed by atoms with E-state index in [1.165, 1.54) is 5.56 Å². The maximum absolute atomic E-state index is 12.9. The summed E-state index contributed by atoms with van der Waals surface area (Å²) in [5.74, 6) is 0.383. The standard InChI is InChI=1S/C11H14BrF/c1-8(5-6-12)10-3-4-11(13)9(2)7-10/h3-4,7-8H,5-6H2,1-2H3. The van der Waals surface area contributed by atoms with Crippen molar-refractivity contribution in [2.45, 2.75) is 26.2 Å². The quantitative estimate of drug-likeness (QED) is 0.705. The molecule has 0 heterocycles. The summed E-state index contributed by atoms with van der Waals surface area (Å²) in [6.45, 7) is 3.97. The molecule has 0 fully saturated rings. The van der Waals surface area contributed by atoms with Crippen LogP contribution in [0.2, 0.25) is 0 Å². The second kappa shape index (κ2) is 4.75. The van der Waals surface area contributed by atoms with Crippen molar-refractivity contribution in [1.29, 1.82) is 0 Å². The highest BCUT2D eigenvalue weighted by molar-refractivity contribution is 9.09. The average Bonchev–Trinajstić information content (AvgIpc) is 2.10. The van der Waals surface area contributed by atoms with Crippen LogP contribution in [0.25, 0.3) is 0 Å². The molecule has 0 amide bonds. The largest absolute Gasteiger partial charge is 0.207 e. The van der Waals surface area contributed by atoms with Crippen molar-refractivity contribution >= 4 is 15.9 Å². The molecule has 1 aromatic rings. The summed E-state index contributed by atoms with van der Waals surface area (Å²) < 4.78 is 12.9. The molecule has 0 saturated carbocycles. The molecule has 0 N–H and O–H groups in total. The van der Waals surface area contributed by atoms with Crippen LogP contribution >= 0.6 is 15.9 Å². The van der Waals surface area contributed by atoms with Gasteiger partial charge >= 0.3 is 0 Å². The van der Waals surface area contributed by atoms with Gasteiger partial charge in [-0.3, -0.25) is 0 Å². The van der Waals surface area contributed by atoms with Gasteiger partial charge in [0, 0.05) is 5.33 Å². The van der Waals surface area contributed by atoms with Crippen LogP contribution in [0, 0.1) is 12.7 Å². The molecule has 1 rings (SSSR count). The lowest BCUT2D eigenvalue weighted by Gasteiger charge is -2.10. The fourth-order valence-electron chi connectivity index (χ4n) is 1.30. The maximum atomic E-state index is 12.9. The first-order chi connectivity index (χ1) is 6.15. The summed E-state index contributed by atoms with van der Waals surface area (Å²) in [4.78, 5) is 0. The molecule has 1 atom stereocenters. The van der Waals surface area contributed by atoms with Gasteiger partial charge < -0.3 is 0 Å².